The number of nitrogens with one attached hydrogen (secondary N) is 1. The molecule has 0 spiro atoms. The van der Waals surface area contributed by atoms with Gasteiger partial charge in [0.15, 0.2) is 0 Å². The van der Waals surface area contributed by atoms with E-state index in [1.54, 1.807) is 0 Å². The summed E-state index contributed by atoms with van der Waals surface area (Å²) < 4.78 is 1.90. The highest BCUT2D eigenvalue weighted by Gasteiger charge is 2.27. The maximum atomic E-state index is 4.23. The van der Waals surface area contributed by atoms with Gasteiger partial charge < -0.3 is 10.2 Å². The Labute approximate surface area is 116 Å². The molecule has 4 heteroatoms. The zero-order valence-corrected chi connectivity index (χ0v) is 12.0. The fraction of sp³-hybridized carbons (Fsp3) is 0.800. The van der Waals surface area contributed by atoms with Gasteiger partial charge in [0.2, 0.25) is 0 Å². The third-order valence-corrected chi connectivity index (χ3v) is 4.77. The van der Waals surface area contributed by atoms with Crippen LogP contribution < -0.4 is 5.32 Å². The van der Waals surface area contributed by atoms with Crippen LogP contribution in [0.5, 0.6) is 0 Å². The van der Waals surface area contributed by atoms with Gasteiger partial charge >= 0.3 is 0 Å². The summed E-state index contributed by atoms with van der Waals surface area (Å²) in [4.78, 5) is 2.62. The van der Waals surface area contributed by atoms with E-state index in [-0.39, 0.29) is 0 Å². The maximum absolute atomic E-state index is 4.23. The van der Waals surface area contributed by atoms with Crippen molar-refractivity contribution in [2.75, 3.05) is 26.2 Å². The van der Waals surface area contributed by atoms with Gasteiger partial charge in [-0.2, -0.15) is 5.10 Å². The van der Waals surface area contributed by atoms with Crippen molar-refractivity contribution in [3.05, 3.63) is 18.0 Å². The van der Waals surface area contributed by atoms with Crippen LogP contribution in [0.1, 0.15) is 31.2 Å². The Balaban J connectivity index is 1.40. The molecule has 2 aliphatic heterocycles. The van der Waals surface area contributed by atoms with Crippen LogP contribution in [0, 0.1) is 5.92 Å². The van der Waals surface area contributed by atoms with E-state index in [1.807, 2.05) is 17.9 Å². The van der Waals surface area contributed by atoms with E-state index in [0.29, 0.717) is 0 Å². The van der Waals surface area contributed by atoms with E-state index < -0.39 is 0 Å². The van der Waals surface area contributed by atoms with E-state index in [2.05, 4.69) is 21.5 Å². The van der Waals surface area contributed by atoms with Crippen LogP contribution in [0.4, 0.5) is 0 Å². The SMILES string of the molecule is Cn1cc(CCN2CCC(C3CCCN3)CC2)cn1. The predicted octanol–water partition coefficient (Wildman–Crippen LogP) is 1.43. The lowest BCUT2D eigenvalue weighted by atomic mass is 9.88. The van der Waals surface area contributed by atoms with Gasteiger partial charge in [0.25, 0.3) is 0 Å². The largest absolute Gasteiger partial charge is 0.314 e. The van der Waals surface area contributed by atoms with Crippen molar-refractivity contribution in [2.45, 2.75) is 38.1 Å². The lowest BCUT2D eigenvalue weighted by Crippen LogP contribution is -2.41. The highest BCUT2D eigenvalue weighted by atomic mass is 15.2. The number of hydrogen-bond donors (Lipinski definition) is 1. The molecule has 1 aromatic rings. The molecule has 19 heavy (non-hydrogen) atoms. The Morgan fingerprint density at radius 2 is 2.16 bits per heavy atom. The summed E-state index contributed by atoms with van der Waals surface area (Å²) in [6.07, 6.45) is 10.8. The molecule has 0 radical (unpaired) electrons. The molecule has 2 saturated heterocycles. The summed E-state index contributed by atoms with van der Waals surface area (Å²) in [5.41, 5.74) is 1.36. The van der Waals surface area contributed by atoms with Gasteiger partial charge in [0.05, 0.1) is 6.20 Å². The molecule has 0 amide bonds. The van der Waals surface area contributed by atoms with Gasteiger partial charge in [-0.15, -0.1) is 0 Å². The first-order chi connectivity index (χ1) is 9.31. The Morgan fingerprint density at radius 1 is 1.32 bits per heavy atom. The number of aromatic nitrogens is 2. The maximum Gasteiger partial charge on any atom is 0.0522 e. The topological polar surface area (TPSA) is 33.1 Å². The van der Waals surface area contributed by atoms with Crippen LogP contribution in [0.2, 0.25) is 0 Å². The molecule has 4 nitrogen and oxygen atoms in total. The molecule has 2 fully saturated rings. The third-order valence-electron chi connectivity index (χ3n) is 4.77. The third kappa shape index (κ3) is 3.37. The van der Waals surface area contributed by atoms with Gasteiger partial charge in [-0.1, -0.05) is 0 Å². The minimum absolute atomic E-state index is 0.820. The van der Waals surface area contributed by atoms with Crippen LogP contribution in [-0.2, 0) is 13.5 Å². The Kier molecular flexibility index (Phi) is 4.18. The number of piperidine rings is 1. The molecular formula is C15H26N4. The average Bonchev–Trinajstić information content (AvgIpc) is 3.08. The molecular weight excluding hydrogens is 236 g/mol. The Morgan fingerprint density at radius 3 is 2.79 bits per heavy atom. The van der Waals surface area contributed by atoms with E-state index in [9.17, 15) is 0 Å². The Hall–Kier alpha value is -0.870. The number of nitrogens with zero attached hydrogens (tertiary/aromatic N) is 3. The van der Waals surface area contributed by atoms with Crippen molar-refractivity contribution in [1.82, 2.24) is 20.0 Å². The van der Waals surface area contributed by atoms with E-state index in [4.69, 9.17) is 0 Å². The average molecular weight is 262 g/mol. The molecule has 3 heterocycles. The second-order valence-corrected chi connectivity index (χ2v) is 6.15. The van der Waals surface area contributed by atoms with Crippen molar-refractivity contribution in [3.8, 4) is 0 Å². The predicted molar refractivity (Wildman–Crippen MR) is 77.1 cm³/mol. The highest BCUT2D eigenvalue weighted by Crippen LogP contribution is 2.25. The molecule has 106 valence electrons. The van der Waals surface area contributed by atoms with Crippen LogP contribution in [-0.4, -0.2) is 46.9 Å². The first kappa shape index (κ1) is 13.1. The summed E-state index contributed by atoms with van der Waals surface area (Å²) in [6, 6.07) is 0.820. The van der Waals surface area contributed by atoms with Gasteiger partial charge in [0, 0.05) is 25.8 Å². The quantitative estimate of drug-likeness (QED) is 0.891. The van der Waals surface area contributed by atoms with Crippen molar-refractivity contribution in [1.29, 1.82) is 0 Å². The van der Waals surface area contributed by atoms with Crippen LogP contribution >= 0.6 is 0 Å². The van der Waals surface area contributed by atoms with Crippen LogP contribution in [0.3, 0.4) is 0 Å². The molecule has 0 bridgehead atoms. The van der Waals surface area contributed by atoms with E-state index in [1.165, 1.54) is 57.4 Å². The summed E-state index contributed by atoms with van der Waals surface area (Å²) in [7, 11) is 1.99. The minimum Gasteiger partial charge on any atom is -0.314 e. The van der Waals surface area contributed by atoms with Crippen LogP contribution in [0.25, 0.3) is 0 Å². The fourth-order valence-electron chi connectivity index (χ4n) is 3.58. The van der Waals surface area contributed by atoms with E-state index >= 15 is 0 Å². The summed E-state index contributed by atoms with van der Waals surface area (Å²) >= 11 is 0. The molecule has 3 rings (SSSR count). The zero-order valence-electron chi connectivity index (χ0n) is 12.0. The molecule has 0 aromatic carbocycles. The molecule has 1 atom stereocenters. The van der Waals surface area contributed by atoms with Crippen molar-refractivity contribution in [3.63, 3.8) is 0 Å². The molecule has 1 N–H and O–H groups in total. The van der Waals surface area contributed by atoms with Gasteiger partial charge in [-0.25, -0.2) is 0 Å². The summed E-state index contributed by atoms with van der Waals surface area (Å²) in [5, 5.41) is 7.91. The smallest absolute Gasteiger partial charge is 0.0522 e. The van der Waals surface area contributed by atoms with Gasteiger partial charge in [-0.3, -0.25) is 4.68 Å². The summed E-state index contributed by atoms with van der Waals surface area (Å²) in [5.74, 6) is 0.928. The standard InChI is InChI=1S/C15H26N4/c1-18-12-13(11-17-18)4-8-19-9-5-14(6-10-19)15-3-2-7-16-15/h11-12,14-16H,2-10H2,1H3. The molecule has 0 aliphatic carbocycles. The second-order valence-electron chi connectivity index (χ2n) is 6.15. The molecule has 1 aromatic heterocycles. The lowest BCUT2D eigenvalue weighted by Gasteiger charge is -2.34. The van der Waals surface area contributed by atoms with Crippen molar-refractivity contribution in [2.24, 2.45) is 13.0 Å². The monoisotopic (exact) mass is 262 g/mol. The zero-order chi connectivity index (χ0) is 13.1. The number of hydrogen-bond acceptors (Lipinski definition) is 3. The first-order valence-corrected chi connectivity index (χ1v) is 7.74. The fourth-order valence-corrected chi connectivity index (χ4v) is 3.58. The molecule has 1 unspecified atom stereocenters. The van der Waals surface area contributed by atoms with Gasteiger partial charge in [-0.05, 0) is 63.2 Å². The first-order valence-electron chi connectivity index (χ1n) is 7.74. The Bertz CT molecular complexity index is 387. The minimum atomic E-state index is 0.820. The van der Waals surface area contributed by atoms with Crippen molar-refractivity contribution >= 4 is 0 Å². The normalized spacial score (nSPS) is 26.1. The lowest BCUT2D eigenvalue weighted by molar-refractivity contribution is 0.165. The van der Waals surface area contributed by atoms with Crippen molar-refractivity contribution < 1.29 is 0 Å². The van der Waals surface area contributed by atoms with Gasteiger partial charge in [0.1, 0.15) is 0 Å². The highest BCUT2D eigenvalue weighted by molar-refractivity contribution is 5.04. The summed E-state index contributed by atoms with van der Waals surface area (Å²) in [6.45, 7) is 4.99. The number of aryl methyl sites for hydroxylation is 1. The molecule has 2 aliphatic rings. The second kappa shape index (κ2) is 6.06. The van der Waals surface area contributed by atoms with E-state index in [0.717, 1.165) is 18.4 Å². The number of rotatable bonds is 4. The number of likely N-dealkylation sites (tertiary alicyclic amines) is 1. The molecule has 0 saturated carbocycles. The van der Waals surface area contributed by atoms with Crippen LogP contribution in [0.15, 0.2) is 12.4 Å².